The van der Waals surface area contributed by atoms with E-state index in [1.165, 1.54) is 0 Å². The number of likely N-dealkylation sites (tertiary alicyclic amines) is 1. The van der Waals surface area contributed by atoms with Gasteiger partial charge in [-0.3, -0.25) is 0 Å². The lowest BCUT2D eigenvalue weighted by Crippen LogP contribution is -2.48. The zero-order valence-corrected chi connectivity index (χ0v) is 13.0. The predicted molar refractivity (Wildman–Crippen MR) is 84.2 cm³/mol. The van der Waals surface area contributed by atoms with Gasteiger partial charge >= 0.3 is 6.03 Å². The van der Waals surface area contributed by atoms with Crippen molar-refractivity contribution in [1.82, 2.24) is 4.90 Å². The van der Waals surface area contributed by atoms with Crippen LogP contribution in [-0.2, 0) is 4.74 Å². The summed E-state index contributed by atoms with van der Waals surface area (Å²) < 4.78 is 5.45. The van der Waals surface area contributed by atoms with Crippen molar-refractivity contribution in [2.75, 3.05) is 25.5 Å². The summed E-state index contributed by atoms with van der Waals surface area (Å²) in [6, 6.07) is 7.54. The van der Waals surface area contributed by atoms with Crippen molar-refractivity contribution in [3.05, 3.63) is 29.8 Å². The van der Waals surface area contributed by atoms with Crippen LogP contribution in [0.25, 0.3) is 0 Å². The van der Waals surface area contributed by atoms with Gasteiger partial charge in [0.05, 0.1) is 6.10 Å². The summed E-state index contributed by atoms with van der Waals surface area (Å²) >= 11 is 0. The molecule has 0 saturated carbocycles. The molecule has 21 heavy (non-hydrogen) atoms. The molecule has 0 bridgehead atoms. The maximum atomic E-state index is 12.3. The fourth-order valence-corrected chi connectivity index (χ4v) is 2.63. The number of nitrogens with two attached hydrogens (primary N) is 1. The summed E-state index contributed by atoms with van der Waals surface area (Å²) in [5.41, 5.74) is 7.66. The van der Waals surface area contributed by atoms with Crippen LogP contribution >= 0.6 is 0 Å². The molecule has 2 amide bonds. The zero-order chi connectivity index (χ0) is 15.4. The molecule has 116 valence electrons. The number of urea groups is 1. The third-order valence-electron chi connectivity index (χ3n) is 4.14. The predicted octanol–water partition coefficient (Wildman–Crippen LogP) is 2.60. The van der Waals surface area contributed by atoms with Crippen molar-refractivity contribution in [3.8, 4) is 0 Å². The Morgan fingerprint density at radius 3 is 2.95 bits per heavy atom. The van der Waals surface area contributed by atoms with Crippen LogP contribution in [-0.4, -0.2) is 37.2 Å². The average Bonchev–Trinajstić information content (AvgIpc) is 2.47. The Bertz CT molecular complexity index is 490. The number of hydrogen-bond acceptors (Lipinski definition) is 3. The number of ether oxygens (including phenoxy) is 1. The second kappa shape index (κ2) is 6.91. The molecule has 1 aromatic carbocycles. The highest BCUT2D eigenvalue weighted by molar-refractivity contribution is 5.89. The minimum atomic E-state index is -0.0780. The average molecular weight is 291 g/mol. The molecular weight excluding hydrogens is 266 g/mol. The number of nitrogens with one attached hydrogen (secondary N) is 1. The molecule has 3 N–H and O–H groups in total. The van der Waals surface area contributed by atoms with Crippen LogP contribution in [0.3, 0.4) is 0 Å². The van der Waals surface area contributed by atoms with Gasteiger partial charge in [0, 0.05) is 31.9 Å². The van der Waals surface area contributed by atoms with Crippen LogP contribution in [0, 0.1) is 5.92 Å². The molecule has 3 unspecified atom stereocenters. The summed E-state index contributed by atoms with van der Waals surface area (Å²) in [4.78, 5) is 14.2. The van der Waals surface area contributed by atoms with Gasteiger partial charge in [0.1, 0.15) is 0 Å². The molecule has 0 spiro atoms. The summed E-state index contributed by atoms with van der Waals surface area (Å²) in [5.74, 6) is 0.487. The van der Waals surface area contributed by atoms with Gasteiger partial charge in [-0.15, -0.1) is 0 Å². The Labute approximate surface area is 126 Å². The standard InChI is InChI=1S/C16H25N3O2/c1-11-7-8-19(10-15(11)21-3)16(20)18-14-6-4-5-13(9-14)12(2)17/h4-6,9,11-12,15H,7-8,10,17H2,1-3H3,(H,18,20). The number of hydrogen-bond donors (Lipinski definition) is 2. The van der Waals surface area contributed by atoms with E-state index in [-0.39, 0.29) is 18.2 Å². The topological polar surface area (TPSA) is 67.6 Å². The molecule has 1 aliphatic rings. The highest BCUT2D eigenvalue weighted by Gasteiger charge is 2.28. The van der Waals surface area contributed by atoms with Crippen LogP contribution < -0.4 is 11.1 Å². The molecule has 1 fully saturated rings. The van der Waals surface area contributed by atoms with E-state index in [4.69, 9.17) is 10.5 Å². The smallest absolute Gasteiger partial charge is 0.321 e. The van der Waals surface area contributed by atoms with Gasteiger partial charge in [0.15, 0.2) is 0 Å². The zero-order valence-electron chi connectivity index (χ0n) is 13.0. The molecule has 1 aromatic rings. The molecule has 5 heteroatoms. The van der Waals surface area contributed by atoms with Crippen molar-refractivity contribution in [3.63, 3.8) is 0 Å². The summed E-state index contributed by atoms with van der Waals surface area (Å²) in [6.45, 7) is 5.49. The fraction of sp³-hybridized carbons (Fsp3) is 0.562. The van der Waals surface area contributed by atoms with Crippen LogP contribution in [0.1, 0.15) is 31.9 Å². The quantitative estimate of drug-likeness (QED) is 0.899. The molecule has 1 aliphatic heterocycles. The van der Waals surface area contributed by atoms with Gasteiger partial charge in [0.25, 0.3) is 0 Å². The molecule has 0 radical (unpaired) electrons. The maximum absolute atomic E-state index is 12.3. The molecule has 5 nitrogen and oxygen atoms in total. The Morgan fingerprint density at radius 1 is 1.52 bits per heavy atom. The van der Waals surface area contributed by atoms with E-state index in [0.717, 1.165) is 24.2 Å². The number of methoxy groups -OCH3 is 1. The molecule has 2 rings (SSSR count). The normalized spacial score (nSPS) is 23.7. The first-order valence-corrected chi connectivity index (χ1v) is 7.45. The highest BCUT2D eigenvalue weighted by atomic mass is 16.5. The Morgan fingerprint density at radius 2 is 2.29 bits per heavy atom. The number of carbonyl (C=O) groups is 1. The minimum absolute atomic E-state index is 0.0458. The lowest BCUT2D eigenvalue weighted by molar-refractivity contribution is 0.00896. The van der Waals surface area contributed by atoms with Gasteiger partial charge in [0.2, 0.25) is 0 Å². The van der Waals surface area contributed by atoms with Gasteiger partial charge < -0.3 is 20.7 Å². The molecule has 1 heterocycles. The molecule has 3 atom stereocenters. The largest absolute Gasteiger partial charge is 0.379 e. The second-order valence-corrected chi connectivity index (χ2v) is 5.83. The lowest BCUT2D eigenvalue weighted by Gasteiger charge is -2.36. The number of anilines is 1. The Kier molecular flexibility index (Phi) is 5.20. The van der Waals surface area contributed by atoms with Gasteiger partial charge in [-0.2, -0.15) is 0 Å². The van der Waals surface area contributed by atoms with Gasteiger partial charge in [-0.25, -0.2) is 4.79 Å². The SMILES string of the molecule is COC1CN(C(=O)Nc2cccc(C(C)N)c2)CCC1C. The van der Waals surface area contributed by atoms with E-state index in [1.807, 2.05) is 36.1 Å². The summed E-state index contributed by atoms with van der Waals surface area (Å²) in [7, 11) is 1.70. The maximum Gasteiger partial charge on any atom is 0.321 e. The highest BCUT2D eigenvalue weighted by Crippen LogP contribution is 2.21. The third-order valence-corrected chi connectivity index (χ3v) is 4.14. The monoisotopic (exact) mass is 291 g/mol. The van der Waals surface area contributed by atoms with Crippen LogP contribution in [0.15, 0.2) is 24.3 Å². The Hall–Kier alpha value is -1.59. The van der Waals surface area contributed by atoms with Crippen molar-refractivity contribution in [2.45, 2.75) is 32.4 Å². The first-order chi connectivity index (χ1) is 10.0. The molecule has 0 aromatic heterocycles. The number of nitrogens with zero attached hydrogens (tertiary/aromatic N) is 1. The number of amides is 2. The van der Waals surface area contributed by atoms with Gasteiger partial charge in [-0.1, -0.05) is 19.1 Å². The fourth-order valence-electron chi connectivity index (χ4n) is 2.63. The molecule has 1 saturated heterocycles. The van der Waals surface area contributed by atoms with E-state index in [0.29, 0.717) is 12.5 Å². The van der Waals surface area contributed by atoms with Gasteiger partial charge in [-0.05, 0) is 37.0 Å². The van der Waals surface area contributed by atoms with E-state index in [9.17, 15) is 4.79 Å². The third kappa shape index (κ3) is 3.95. The minimum Gasteiger partial charge on any atom is -0.379 e. The first kappa shape index (κ1) is 15.8. The number of rotatable bonds is 3. The van der Waals surface area contributed by atoms with Crippen molar-refractivity contribution in [2.24, 2.45) is 11.7 Å². The second-order valence-electron chi connectivity index (χ2n) is 5.83. The number of benzene rings is 1. The number of piperidine rings is 1. The summed E-state index contributed by atoms with van der Waals surface area (Å²) in [5, 5.41) is 2.94. The molecule has 0 aliphatic carbocycles. The first-order valence-electron chi connectivity index (χ1n) is 7.45. The lowest BCUT2D eigenvalue weighted by atomic mass is 9.96. The summed E-state index contributed by atoms with van der Waals surface area (Å²) in [6.07, 6.45) is 1.08. The number of carbonyl (C=O) groups excluding carboxylic acids is 1. The van der Waals surface area contributed by atoms with Crippen molar-refractivity contribution in [1.29, 1.82) is 0 Å². The van der Waals surface area contributed by atoms with E-state index >= 15 is 0 Å². The van der Waals surface area contributed by atoms with Crippen LogP contribution in [0.4, 0.5) is 10.5 Å². The van der Waals surface area contributed by atoms with E-state index < -0.39 is 0 Å². The van der Waals surface area contributed by atoms with E-state index in [1.54, 1.807) is 7.11 Å². The van der Waals surface area contributed by atoms with Crippen molar-refractivity contribution < 1.29 is 9.53 Å². The van der Waals surface area contributed by atoms with Crippen LogP contribution in [0.5, 0.6) is 0 Å². The molecular formula is C16H25N3O2. The van der Waals surface area contributed by atoms with Crippen LogP contribution in [0.2, 0.25) is 0 Å². The van der Waals surface area contributed by atoms with E-state index in [2.05, 4.69) is 12.2 Å². The Balaban J connectivity index is 1.99. The van der Waals surface area contributed by atoms with Crippen molar-refractivity contribution >= 4 is 11.7 Å².